The molecule has 1 N–H and O–H groups in total. The second-order valence-corrected chi connectivity index (χ2v) is 5.18. The molecular weight excluding hydrogens is 304 g/mol. The van der Waals surface area contributed by atoms with E-state index in [-0.39, 0.29) is 12.2 Å². The van der Waals surface area contributed by atoms with Gasteiger partial charge in [0.25, 0.3) is 5.56 Å². The molecule has 7 heteroatoms. The van der Waals surface area contributed by atoms with E-state index >= 15 is 0 Å². The van der Waals surface area contributed by atoms with Crippen molar-refractivity contribution in [3.63, 3.8) is 0 Å². The van der Waals surface area contributed by atoms with Gasteiger partial charge in [-0.15, -0.1) is 16.5 Å². The monoisotopic (exact) mass is 322 g/mol. The predicted molar refractivity (Wildman–Crippen MR) is 85.9 cm³/mol. The first-order valence-electron chi connectivity index (χ1n) is 6.90. The van der Waals surface area contributed by atoms with E-state index in [0.29, 0.717) is 23.6 Å². The van der Waals surface area contributed by atoms with Crippen LogP contribution in [0.5, 0.6) is 5.75 Å². The Bertz CT molecular complexity index is 725. The normalized spacial score (nSPS) is 10.5. The van der Waals surface area contributed by atoms with Crippen molar-refractivity contribution in [2.75, 3.05) is 19.5 Å². The van der Waals surface area contributed by atoms with Crippen molar-refractivity contribution in [1.82, 2.24) is 9.71 Å². The number of ether oxygens (including phenoxy) is 1. The highest BCUT2D eigenvalue weighted by atomic mass is 32.2. The first-order valence-corrected chi connectivity index (χ1v) is 8.13. The molecule has 1 aromatic carbocycles. The Kier molecular flexibility index (Phi) is 5.71. The molecule has 0 aliphatic heterocycles. The topological polar surface area (TPSA) is 73.3 Å². The number of hydrogen-bond donors (Lipinski definition) is 1. The number of para-hydroxylation sites is 1. The van der Waals surface area contributed by atoms with Crippen molar-refractivity contribution in [2.24, 2.45) is 0 Å². The highest BCUT2D eigenvalue weighted by Crippen LogP contribution is 2.15. The van der Waals surface area contributed by atoms with Gasteiger partial charge in [0.15, 0.2) is 0 Å². The van der Waals surface area contributed by atoms with Gasteiger partial charge in [0.05, 0.1) is 5.56 Å². The lowest BCUT2D eigenvalue weighted by atomic mass is 10.3. The zero-order chi connectivity index (χ0) is 15.9. The van der Waals surface area contributed by atoms with Gasteiger partial charge in [-0.25, -0.2) is 4.79 Å². The summed E-state index contributed by atoms with van der Waals surface area (Å²) in [6.45, 7) is 2.35. The van der Waals surface area contributed by atoms with Crippen molar-refractivity contribution >= 4 is 11.8 Å². The molecule has 1 heterocycles. The molecular formula is C15H18N2O4S. The third-order valence-corrected chi connectivity index (χ3v) is 3.78. The molecule has 0 aliphatic carbocycles. The Morgan fingerprint density at radius 3 is 2.55 bits per heavy atom. The Morgan fingerprint density at radius 2 is 1.91 bits per heavy atom. The number of nitrogens with zero attached hydrogens (tertiary/aromatic N) is 1. The van der Waals surface area contributed by atoms with Crippen molar-refractivity contribution in [3.05, 3.63) is 56.7 Å². The summed E-state index contributed by atoms with van der Waals surface area (Å²) in [5.74, 6) is 0.735. The minimum atomic E-state index is -0.578. The number of H-pyrrole nitrogens is 1. The van der Waals surface area contributed by atoms with E-state index < -0.39 is 5.69 Å². The van der Waals surface area contributed by atoms with Crippen LogP contribution >= 0.6 is 11.8 Å². The van der Waals surface area contributed by atoms with Crippen molar-refractivity contribution < 1.29 is 9.57 Å². The van der Waals surface area contributed by atoms with Crippen molar-refractivity contribution in [1.29, 1.82) is 0 Å². The highest BCUT2D eigenvalue weighted by Gasteiger charge is 2.13. The maximum Gasteiger partial charge on any atom is 0.362 e. The van der Waals surface area contributed by atoms with Crippen LogP contribution in [-0.4, -0.2) is 29.2 Å². The van der Waals surface area contributed by atoms with E-state index in [1.807, 2.05) is 37.3 Å². The molecule has 22 heavy (non-hydrogen) atoms. The second kappa shape index (κ2) is 7.74. The minimum absolute atomic E-state index is 0.192. The molecule has 118 valence electrons. The number of aromatic nitrogens is 2. The molecule has 0 spiro atoms. The molecule has 0 radical (unpaired) electrons. The largest absolute Gasteiger partial charge is 0.490 e. The van der Waals surface area contributed by atoms with Crippen LogP contribution in [0.25, 0.3) is 0 Å². The molecule has 0 aliphatic rings. The fourth-order valence-electron chi connectivity index (χ4n) is 1.98. The molecule has 0 amide bonds. The van der Waals surface area contributed by atoms with E-state index in [2.05, 4.69) is 4.98 Å². The van der Waals surface area contributed by atoms with Crippen LogP contribution in [0.1, 0.15) is 12.5 Å². The van der Waals surface area contributed by atoms with Crippen LogP contribution in [0, 0.1) is 0 Å². The minimum Gasteiger partial charge on any atom is -0.490 e. The fraction of sp³-hybridized carbons (Fsp3) is 0.333. The van der Waals surface area contributed by atoms with Gasteiger partial charge in [0.1, 0.15) is 24.0 Å². The van der Waals surface area contributed by atoms with Crippen LogP contribution in [-0.2, 0) is 6.42 Å². The van der Waals surface area contributed by atoms with Crippen LogP contribution in [0.15, 0.2) is 44.9 Å². The maximum atomic E-state index is 11.9. The van der Waals surface area contributed by atoms with Gasteiger partial charge in [-0.05, 0) is 24.8 Å². The molecule has 2 aromatic rings. The number of hydrogen-bond acceptors (Lipinski definition) is 5. The molecule has 0 saturated heterocycles. The molecule has 0 saturated carbocycles. The van der Waals surface area contributed by atoms with Crippen molar-refractivity contribution in [2.45, 2.75) is 18.4 Å². The smallest absolute Gasteiger partial charge is 0.362 e. The SMILES string of the molecule is CCc1c(SC)n(OCCOc2ccccc2)c(=O)[nH]c1=O. The Hall–Kier alpha value is -2.15. The summed E-state index contributed by atoms with van der Waals surface area (Å²) >= 11 is 1.31. The van der Waals surface area contributed by atoms with Crippen LogP contribution in [0.4, 0.5) is 0 Å². The van der Waals surface area contributed by atoms with E-state index in [0.717, 1.165) is 10.5 Å². The lowest BCUT2D eigenvalue weighted by Gasteiger charge is -2.14. The van der Waals surface area contributed by atoms with E-state index in [4.69, 9.17) is 9.57 Å². The highest BCUT2D eigenvalue weighted by molar-refractivity contribution is 7.98. The summed E-state index contributed by atoms with van der Waals surface area (Å²) in [6, 6.07) is 9.34. The van der Waals surface area contributed by atoms with Crippen LogP contribution in [0.2, 0.25) is 0 Å². The van der Waals surface area contributed by atoms with Crippen molar-refractivity contribution in [3.8, 4) is 5.75 Å². The molecule has 0 bridgehead atoms. The summed E-state index contributed by atoms with van der Waals surface area (Å²) < 4.78 is 6.63. The van der Waals surface area contributed by atoms with Gasteiger partial charge in [0.2, 0.25) is 0 Å². The zero-order valence-corrected chi connectivity index (χ0v) is 13.3. The van der Waals surface area contributed by atoms with E-state index in [9.17, 15) is 9.59 Å². The average molecular weight is 322 g/mol. The maximum absolute atomic E-state index is 11.9. The molecule has 1 aromatic heterocycles. The Labute approximate surface area is 132 Å². The zero-order valence-electron chi connectivity index (χ0n) is 12.5. The summed E-state index contributed by atoms with van der Waals surface area (Å²) in [5.41, 5.74) is -0.403. The lowest BCUT2D eigenvalue weighted by Crippen LogP contribution is -2.38. The van der Waals surface area contributed by atoms with Gasteiger partial charge in [-0.1, -0.05) is 25.1 Å². The third kappa shape index (κ3) is 3.73. The third-order valence-electron chi connectivity index (χ3n) is 2.98. The lowest BCUT2D eigenvalue weighted by molar-refractivity contribution is 0.0566. The molecule has 2 rings (SSSR count). The number of nitrogens with one attached hydrogen (secondary N) is 1. The van der Waals surface area contributed by atoms with Crippen LogP contribution < -0.4 is 20.8 Å². The fourth-order valence-corrected chi connectivity index (χ4v) is 2.76. The number of benzene rings is 1. The quantitative estimate of drug-likeness (QED) is 0.473. The summed E-state index contributed by atoms with van der Waals surface area (Å²) in [6.07, 6.45) is 2.32. The first kappa shape index (κ1) is 16.2. The van der Waals surface area contributed by atoms with Gasteiger partial charge < -0.3 is 9.57 Å². The Balaban J connectivity index is 2.06. The van der Waals surface area contributed by atoms with Gasteiger partial charge in [-0.2, -0.15) is 0 Å². The van der Waals surface area contributed by atoms with Crippen LogP contribution in [0.3, 0.4) is 0 Å². The van der Waals surface area contributed by atoms with Gasteiger partial charge in [0, 0.05) is 0 Å². The Morgan fingerprint density at radius 1 is 1.18 bits per heavy atom. The van der Waals surface area contributed by atoms with Gasteiger partial charge in [-0.3, -0.25) is 9.78 Å². The second-order valence-electron chi connectivity index (χ2n) is 4.39. The summed E-state index contributed by atoms with van der Waals surface area (Å²) in [7, 11) is 0. The molecule has 0 unspecified atom stereocenters. The first-order chi connectivity index (χ1) is 10.7. The summed E-state index contributed by atoms with van der Waals surface area (Å²) in [4.78, 5) is 31.4. The summed E-state index contributed by atoms with van der Waals surface area (Å²) in [5, 5.41) is 0.524. The predicted octanol–water partition coefficient (Wildman–Crippen LogP) is 1.33. The number of rotatable bonds is 7. The molecule has 0 atom stereocenters. The van der Waals surface area contributed by atoms with E-state index in [1.165, 1.54) is 11.8 Å². The number of aromatic amines is 1. The van der Waals surface area contributed by atoms with E-state index in [1.54, 1.807) is 6.26 Å². The van der Waals surface area contributed by atoms with Gasteiger partial charge >= 0.3 is 5.69 Å². The number of thioether (sulfide) groups is 1. The standard InChI is InChI=1S/C15H18N2O4S/c1-3-12-13(18)16-15(19)17(14(12)22-2)21-10-9-20-11-7-5-4-6-8-11/h4-8H,3,9-10H2,1-2H3,(H,16,18,19). The molecule has 0 fully saturated rings. The average Bonchev–Trinajstić information content (AvgIpc) is 2.53. The molecule has 6 nitrogen and oxygen atoms in total.